The Morgan fingerprint density at radius 3 is 2.38 bits per heavy atom. The second-order valence-electron chi connectivity index (χ2n) is 8.37. The fourth-order valence-electron chi connectivity index (χ4n) is 4.26. The number of aliphatic hydroxyl groups excluding tert-OH is 1. The molecule has 8 heteroatoms. The van der Waals surface area contributed by atoms with Crippen molar-refractivity contribution in [3.05, 3.63) is 71.0 Å². The molecule has 2 saturated heterocycles. The average molecular weight is 469 g/mol. The summed E-state index contributed by atoms with van der Waals surface area (Å²) in [6.45, 7) is 6.29. The smallest absolute Gasteiger partial charge is 0.295 e. The Morgan fingerprint density at radius 1 is 1.06 bits per heavy atom. The van der Waals surface area contributed by atoms with Crippen LogP contribution in [0.15, 0.2) is 54.1 Å². The highest BCUT2D eigenvalue weighted by atomic mass is 19.1. The molecule has 2 aliphatic heterocycles. The molecule has 180 valence electrons. The molecule has 2 aromatic rings. The van der Waals surface area contributed by atoms with E-state index in [2.05, 4.69) is 4.90 Å². The molecule has 2 heterocycles. The molecule has 2 aliphatic rings. The molecule has 0 spiro atoms. The van der Waals surface area contributed by atoms with Crippen molar-refractivity contribution in [2.24, 2.45) is 0 Å². The van der Waals surface area contributed by atoms with Crippen LogP contribution < -0.4 is 4.74 Å². The zero-order chi connectivity index (χ0) is 24.1. The van der Waals surface area contributed by atoms with Crippen LogP contribution in [-0.4, -0.2) is 72.6 Å². The lowest BCUT2D eigenvalue weighted by Gasteiger charge is -2.31. The van der Waals surface area contributed by atoms with Crippen molar-refractivity contribution < 1.29 is 28.6 Å². The number of hydrogen-bond donors (Lipinski definition) is 1. The highest BCUT2D eigenvalue weighted by molar-refractivity contribution is 6.46. The molecule has 0 unspecified atom stereocenters. The summed E-state index contributed by atoms with van der Waals surface area (Å²) in [5, 5.41) is 11.0. The lowest BCUT2D eigenvalue weighted by molar-refractivity contribution is -0.140. The van der Waals surface area contributed by atoms with E-state index < -0.39 is 23.5 Å². The number of ether oxygens (including phenoxy) is 2. The lowest BCUT2D eigenvalue weighted by Crippen LogP contribution is -2.42. The Balaban J connectivity index is 1.69. The van der Waals surface area contributed by atoms with Gasteiger partial charge >= 0.3 is 0 Å². The molecule has 1 atom stereocenters. The van der Waals surface area contributed by atoms with Gasteiger partial charge in [0, 0.05) is 31.7 Å². The van der Waals surface area contributed by atoms with Gasteiger partial charge in [0.15, 0.2) is 0 Å². The van der Waals surface area contributed by atoms with Gasteiger partial charge in [0.05, 0.1) is 31.4 Å². The number of halogens is 1. The molecular formula is C26H29FN2O5. The van der Waals surface area contributed by atoms with Crippen LogP contribution in [0.2, 0.25) is 0 Å². The van der Waals surface area contributed by atoms with E-state index in [9.17, 15) is 19.1 Å². The number of carbonyl (C=O) groups is 2. The SMILES string of the molecule is CCCOc1ccc([C@@H]2C(=C(O)c3ccc(F)cc3)C(=O)C(=O)N2CCN2CCOCC2)cc1. The summed E-state index contributed by atoms with van der Waals surface area (Å²) >= 11 is 0. The second-order valence-corrected chi connectivity index (χ2v) is 8.37. The quantitative estimate of drug-likeness (QED) is 0.364. The normalized spacial score (nSPS) is 20.6. The standard InChI is InChI=1S/C26H29FN2O5/c1-2-15-34-21-9-5-18(6-10-21)23-22(24(30)19-3-7-20(27)8-4-19)25(31)26(32)29(23)12-11-28-13-16-33-17-14-28/h3-10,23,30H,2,11-17H2,1H3/t23-/m1/s1. The number of amides is 1. The second kappa shape index (κ2) is 10.8. The van der Waals surface area contributed by atoms with E-state index in [1.54, 1.807) is 24.3 Å². The first-order valence-corrected chi connectivity index (χ1v) is 11.6. The Hall–Kier alpha value is -3.23. The lowest BCUT2D eigenvalue weighted by atomic mass is 9.95. The summed E-state index contributed by atoms with van der Waals surface area (Å²) in [5.74, 6) is -1.49. The third-order valence-corrected chi connectivity index (χ3v) is 6.09. The van der Waals surface area contributed by atoms with Crippen molar-refractivity contribution >= 4 is 17.4 Å². The van der Waals surface area contributed by atoms with Gasteiger partial charge in [-0.1, -0.05) is 19.1 Å². The van der Waals surface area contributed by atoms with E-state index in [0.717, 1.165) is 19.5 Å². The monoisotopic (exact) mass is 468 g/mol. The van der Waals surface area contributed by atoms with Gasteiger partial charge in [0.2, 0.25) is 0 Å². The molecule has 1 N–H and O–H groups in total. The maximum absolute atomic E-state index is 13.4. The number of aliphatic hydroxyl groups is 1. The van der Waals surface area contributed by atoms with E-state index in [1.165, 1.54) is 29.2 Å². The number of morpholine rings is 1. The van der Waals surface area contributed by atoms with Crippen LogP contribution in [-0.2, 0) is 14.3 Å². The number of likely N-dealkylation sites (tertiary alicyclic amines) is 1. The molecule has 7 nitrogen and oxygen atoms in total. The fraction of sp³-hybridized carbons (Fsp3) is 0.385. The topological polar surface area (TPSA) is 79.3 Å². The maximum Gasteiger partial charge on any atom is 0.295 e. The van der Waals surface area contributed by atoms with Gasteiger partial charge in [-0.15, -0.1) is 0 Å². The fourth-order valence-corrected chi connectivity index (χ4v) is 4.26. The van der Waals surface area contributed by atoms with Crippen molar-refractivity contribution in [1.82, 2.24) is 9.80 Å². The predicted molar refractivity (Wildman–Crippen MR) is 125 cm³/mol. The van der Waals surface area contributed by atoms with Crippen LogP contribution in [0.4, 0.5) is 4.39 Å². The van der Waals surface area contributed by atoms with Crippen LogP contribution in [0, 0.1) is 5.82 Å². The Morgan fingerprint density at radius 2 is 1.74 bits per heavy atom. The Labute approximate surface area is 198 Å². The summed E-state index contributed by atoms with van der Waals surface area (Å²) in [5.41, 5.74) is 0.968. The molecule has 0 saturated carbocycles. The molecule has 0 radical (unpaired) electrons. The number of ketones is 1. The minimum absolute atomic E-state index is 0.000752. The third-order valence-electron chi connectivity index (χ3n) is 6.09. The van der Waals surface area contributed by atoms with Crippen molar-refractivity contribution in [1.29, 1.82) is 0 Å². The highest BCUT2D eigenvalue weighted by Gasteiger charge is 2.46. The third kappa shape index (κ3) is 5.13. The Bertz CT molecular complexity index is 1050. The van der Waals surface area contributed by atoms with Crippen molar-refractivity contribution in [2.45, 2.75) is 19.4 Å². The average Bonchev–Trinajstić information content (AvgIpc) is 3.12. The van der Waals surface area contributed by atoms with Gasteiger partial charge in [-0.2, -0.15) is 0 Å². The first-order chi connectivity index (χ1) is 16.5. The summed E-state index contributed by atoms with van der Waals surface area (Å²) in [7, 11) is 0. The molecule has 2 aromatic carbocycles. The van der Waals surface area contributed by atoms with E-state index >= 15 is 0 Å². The molecule has 34 heavy (non-hydrogen) atoms. The van der Waals surface area contributed by atoms with Gasteiger partial charge in [-0.25, -0.2) is 4.39 Å². The molecule has 2 fully saturated rings. The molecular weight excluding hydrogens is 439 g/mol. The number of nitrogens with zero attached hydrogens (tertiary/aromatic N) is 2. The van der Waals surface area contributed by atoms with Crippen molar-refractivity contribution in [2.75, 3.05) is 46.0 Å². The van der Waals surface area contributed by atoms with Crippen LogP contribution in [0.3, 0.4) is 0 Å². The van der Waals surface area contributed by atoms with E-state index in [1.807, 2.05) is 6.92 Å². The summed E-state index contributed by atoms with van der Waals surface area (Å²) in [4.78, 5) is 29.9. The van der Waals surface area contributed by atoms with E-state index in [0.29, 0.717) is 44.2 Å². The summed E-state index contributed by atoms with van der Waals surface area (Å²) in [6.07, 6.45) is 0.876. The maximum atomic E-state index is 13.4. The van der Waals surface area contributed by atoms with Gasteiger partial charge in [-0.3, -0.25) is 14.5 Å². The molecule has 1 amide bonds. The first-order valence-electron chi connectivity index (χ1n) is 11.6. The zero-order valence-corrected chi connectivity index (χ0v) is 19.2. The van der Waals surface area contributed by atoms with Crippen LogP contribution in [0.1, 0.15) is 30.5 Å². The van der Waals surface area contributed by atoms with E-state index in [-0.39, 0.29) is 16.9 Å². The summed E-state index contributed by atoms with van der Waals surface area (Å²) < 4.78 is 24.5. The number of carbonyl (C=O) groups excluding carboxylic acids is 2. The first kappa shape index (κ1) is 23.9. The number of benzene rings is 2. The van der Waals surface area contributed by atoms with Crippen molar-refractivity contribution in [3.63, 3.8) is 0 Å². The van der Waals surface area contributed by atoms with Crippen LogP contribution in [0.5, 0.6) is 5.75 Å². The molecule has 0 aromatic heterocycles. The Kier molecular flexibility index (Phi) is 7.59. The van der Waals surface area contributed by atoms with Crippen molar-refractivity contribution in [3.8, 4) is 5.75 Å². The van der Waals surface area contributed by atoms with Crippen LogP contribution in [0.25, 0.3) is 5.76 Å². The minimum atomic E-state index is -0.758. The van der Waals surface area contributed by atoms with Gasteiger partial charge in [-0.05, 0) is 48.4 Å². The van der Waals surface area contributed by atoms with Crippen LogP contribution >= 0.6 is 0 Å². The molecule has 0 aliphatic carbocycles. The minimum Gasteiger partial charge on any atom is -0.507 e. The zero-order valence-electron chi connectivity index (χ0n) is 19.2. The highest BCUT2D eigenvalue weighted by Crippen LogP contribution is 2.39. The molecule has 4 rings (SSSR count). The largest absolute Gasteiger partial charge is 0.507 e. The van der Waals surface area contributed by atoms with Gasteiger partial charge in [0.25, 0.3) is 11.7 Å². The van der Waals surface area contributed by atoms with Gasteiger partial charge < -0.3 is 19.5 Å². The number of hydrogen-bond acceptors (Lipinski definition) is 6. The predicted octanol–water partition coefficient (Wildman–Crippen LogP) is 3.37. The van der Waals surface area contributed by atoms with Gasteiger partial charge in [0.1, 0.15) is 17.3 Å². The summed E-state index contributed by atoms with van der Waals surface area (Å²) in [6, 6.07) is 11.6. The number of rotatable bonds is 8. The van der Waals surface area contributed by atoms with E-state index in [4.69, 9.17) is 9.47 Å². The molecule has 0 bridgehead atoms. The number of Topliss-reactive ketones (excluding diaryl/α,β-unsaturated/α-hetero) is 1.